The van der Waals surface area contributed by atoms with E-state index in [9.17, 15) is 0 Å². The lowest BCUT2D eigenvalue weighted by Gasteiger charge is -2.35. The fraction of sp³-hybridized carbons (Fsp3) is 0.833. The van der Waals surface area contributed by atoms with E-state index >= 15 is 0 Å². The number of rotatable bonds is 4. The van der Waals surface area contributed by atoms with Crippen molar-refractivity contribution in [3.05, 3.63) is 15.6 Å². The van der Waals surface area contributed by atoms with Crippen LogP contribution in [0.5, 0.6) is 0 Å². The van der Waals surface area contributed by atoms with Crippen molar-refractivity contribution in [3.8, 4) is 0 Å². The highest BCUT2D eigenvalue weighted by molar-refractivity contribution is 7.12. The lowest BCUT2D eigenvalue weighted by molar-refractivity contribution is 0.227. The zero-order valence-electron chi connectivity index (χ0n) is 15.6. The molecule has 0 radical (unpaired) electrons. The van der Waals surface area contributed by atoms with Gasteiger partial charge in [0, 0.05) is 21.9 Å². The predicted molar refractivity (Wildman–Crippen MR) is 95.3 cm³/mol. The van der Waals surface area contributed by atoms with Crippen LogP contribution in [0.1, 0.15) is 90.4 Å². The van der Waals surface area contributed by atoms with Crippen molar-refractivity contribution in [3.63, 3.8) is 0 Å². The number of nitrogens with one attached hydrogen (secondary N) is 1. The van der Waals surface area contributed by atoms with Gasteiger partial charge in [0.2, 0.25) is 0 Å². The molecule has 1 aromatic rings. The van der Waals surface area contributed by atoms with Crippen LogP contribution in [-0.2, 0) is 5.41 Å². The van der Waals surface area contributed by atoms with Crippen LogP contribution in [0.4, 0.5) is 0 Å². The van der Waals surface area contributed by atoms with Gasteiger partial charge < -0.3 is 5.32 Å². The van der Waals surface area contributed by atoms with E-state index < -0.39 is 0 Å². The second kappa shape index (κ2) is 6.00. The Morgan fingerprint density at radius 3 is 1.95 bits per heavy atom. The average molecular weight is 311 g/mol. The third kappa shape index (κ3) is 5.71. The summed E-state index contributed by atoms with van der Waals surface area (Å²) in [5.41, 5.74) is 1.76. The highest BCUT2D eigenvalue weighted by Gasteiger charge is 2.29. The lowest BCUT2D eigenvalue weighted by Crippen LogP contribution is -2.43. The Kier molecular flexibility index (Phi) is 5.33. The Labute approximate surface area is 135 Å². The molecule has 0 amide bonds. The summed E-state index contributed by atoms with van der Waals surface area (Å²) in [4.78, 5) is 6.16. The lowest BCUT2D eigenvalue weighted by atomic mass is 9.81. The van der Waals surface area contributed by atoms with Gasteiger partial charge in [0.1, 0.15) is 0 Å². The third-order valence-electron chi connectivity index (χ3n) is 3.45. The second-order valence-corrected chi connectivity index (χ2v) is 10.2. The van der Waals surface area contributed by atoms with Crippen molar-refractivity contribution in [1.29, 1.82) is 0 Å². The maximum atomic E-state index is 4.79. The second-order valence-electron chi connectivity index (χ2n) is 9.21. The summed E-state index contributed by atoms with van der Waals surface area (Å²) < 4.78 is 0. The van der Waals surface area contributed by atoms with Crippen LogP contribution in [0.3, 0.4) is 0 Å². The van der Waals surface area contributed by atoms with Gasteiger partial charge in [-0.2, -0.15) is 0 Å². The normalized spacial score (nSPS) is 15.3. The maximum Gasteiger partial charge on any atom is 0.0985 e. The SMILES string of the molecule is Cc1nc(C(C)(C)C)sc1C(C)NC(C)(C)CC(C)(C)C. The van der Waals surface area contributed by atoms with Crippen LogP contribution in [0.2, 0.25) is 0 Å². The number of aryl methyl sites for hydroxylation is 1. The summed E-state index contributed by atoms with van der Waals surface area (Å²) in [6.45, 7) is 22.6. The zero-order chi connectivity index (χ0) is 16.6. The van der Waals surface area contributed by atoms with E-state index in [0.29, 0.717) is 11.5 Å². The van der Waals surface area contributed by atoms with E-state index in [4.69, 9.17) is 4.98 Å². The topological polar surface area (TPSA) is 24.9 Å². The van der Waals surface area contributed by atoms with E-state index in [1.807, 2.05) is 11.3 Å². The van der Waals surface area contributed by atoms with Gasteiger partial charge in [-0.1, -0.05) is 41.5 Å². The highest BCUT2D eigenvalue weighted by atomic mass is 32.1. The van der Waals surface area contributed by atoms with E-state index in [1.165, 1.54) is 15.6 Å². The monoisotopic (exact) mass is 310 g/mol. The molecule has 0 fully saturated rings. The van der Waals surface area contributed by atoms with Crippen molar-refractivity contribution in [2.75, 3.05) is 0 Å². The van der Waals surface area contributed by atoms with E-state index in [1.54, 1.807) is 0 Å². The summed E-state index contributed by atoms with van der Waals surface area (Å²) in [7, 11) is 0. The molecular formula is C18H34N2S. The van der Waals surface area contributed by atoms with Gasteiger partial charge in [-0.3, -0.25) is 0 Å². The molecule has 0 bridgehead atoms. The largest absolute Gasteiger partial charge is 0.304 e. The molecule has 1 rings (SSSR count). The molecule has 3 heteroatoms. The van der Waals surface area contributed by atoms with Crippen molar-refractivity contribution < 1.29 is 0 Å². The van der Waals surface area contributed by atoms with Crippen molar-refractivity contribution >= 4 is 11.3 Å². The predicted octanol–water partition coefficient (Wildman–Crippen LogP) is 5.61. The Morgan fingerprint density at radius 1 is 1.05 bits per heavy atom. The molecular weight excluding hydrogens is 276 g/mol. The number of hydrogen-bond acceptors (Lipinski definition) is 3. The molecule has 0 spiro atoms. The molecule has 0 aliphatic rings. The van der Waals surface area contributed by atoms with Crippen LogP contribution < -0.4 is 5.32 Å². The highest BCUT2D eigenvalue weighted by Crippen LogP contribution is 2.34. The smallest absolute Gasteiger partial charge is 0.0985 e. The van der Waals surface area contributed by atoms with Gasteiger partial charge in [0.25, 0.3) is 0 Å². The molecule has 0 saturated heterocycles. The Bertz CT molecular complexity index is 472. The number of nitrogens with zero attached hydrogens (tertiary/aromatic N) is 1. The molecule has 0 aliphatic carbocycles. The first-order valence-electron chi connectivity index (χ1n) is 7.97. The molecule has 1 heterocycles. The third-order valence-corrected chi connectivity index (χ3v) is 5.21. The first kappa shape index (κ1) is 18.6. The Morgan fingerprint density at radius 2 is 1.57 bits per heavy atom. The van der Waals surface area contributed by atoms with E-state index in [-0.39, 0.29) is 11.0 Å². The van der Waals surface area contributed by atoms with Crippen LogP contribution in [0, 0.1) is 12.3 Å². The fourth-order valence-electron chi connectivity index (χ4n) is 3.16. The molecule has 2 nitrogen and oxygen atoms in total. The fourth-order valence-corrected chi connectivity index (χ4v) is 4.29. The first-order chi connectivity index (χ1) is 9.21. The molecule has 1 unspecified atom stereocenters. The van der Waals surface area contributed by atoms with Gasteiger partial charge >= 0.3 is 0 Å². The van der Waals surface area contributed by atoms with Gasteiger partial charge in [-0.15, -0.1) is 11.3 Å². The molecule has 1 atom stereocenters. The van der Waals surface area contributed by atoms with Crippen molar-refractivity contribution in [1.82, 2.24) is 10.3 Å². The van der Waals surface area contributed by atoms with Gasteiger partial charge in [0.05, 0.1) is 10.7 Å². The van der Waals surface area contributed by atoms with Crippen molar-refractivity contribution in [2.24, 2.45) is 5.41 Å². The summed E-state index contributed by atoms with van der Waals surface area (Å²) in [5, 5.41) is 5.04. The summed E-state index contributed by atoms with van der Waals surface area (Å²) in [6.07, 6.45) is 1.15. The van der Waals surface area contributed by atoms with Crippen LogP contribution >= 0.6 is 11.3 Å². The molecule has 21 heavy (non-hydrogen) atoms. The molecule has 0 aromatic carbocycles. The van der Waals surface area contributed by atoms with Gasteiger partial charge in [0.15, 0.2) is 0 Å². The van der Waals surface area contributed by atoms with E-state index in [2.05, 4.69) is 74.6 Å². The van der Waals surface area contributed by atoms with Crippen LogP contribution in [0.25, 0.3) is 0 Å². The quantitative estimate of drug-likeness (QED) is 0.781. The molecule has 1 N–H and O–H groups in total. The number of hydrogen-bond donors (Lipinski definition) is 1. The molecule has 122 valence electrons. The van der Waals surface area contributed by atoms with Crippen molar-refractivity contribution in [2.45, 2.75) is 92.7 Å². The molecule has 1 aromatic heterocycles. The zero-order valence-corrected chi connectivity index (χ0v) is 16.5. The first-order valence-corrected chi connectivity index (χ1v) is 8.78. The average Bonchev–Trinajstić information content (AvgIpc) is 2.54. The van der Waals surface area contributed by atoms with Gasteiger partial charge in [-0.25, -0.2) is 4.98 Å². The van der Waals surface area contributed by atoms with Crippen LogP contribution in [-0.4, -0.2) is 10.5 Å². The Hall–Kier alpha value is -0.410. The minimum atomic E-state index is 0.121. The molecule has 0 aliphatic heterocycles. The number of thiazole rings is 1. The Balaban J connectivity index is 2.90. The summed E-state index contributed by atoms with van der Waals surface area (Å²) in [5.74, 6) is 0. The summed E-state index contributed by atoms with van der Waals surface area (Å²) >= 11 is 1.86. The molecule has 0 saturated carbocycles. The number of aromatic nitrogens is 1. The minimum absolute atomic E-state index is 0.121. The summed E-state index contributed by atoms with van der Waals surface area (Å²) in [6, 6.07) is 0.343. The van der Waals surface area contributed by atoms with E-state index in [0.717, 1.165) is 6.42 Å². The van der Waals surface area contributed by atoms with Crippen LogP contribution in [0.15, 0.2) is 0 Å². The standard InChI is InChI=1S/C18H34N2S/c1-12-14(21-15(19-12)17(6,7)8)13(2)20-18(9,10)11-16(3,4)5/h13,20H,11H2,1-10H3. The van der Waals surface area contributed by atoms with Gasteiger partial charge in [-0.05, 0) is 39.5 Å². The minimum Gasteiger partial charge on any atom is -0.304 e. The maximum absolute atomic E-state index is 4.79.